The van der Waals surface area contributed by atoms with Gasteiger partial charge in [-0.25, -0.2) is 4.39 Å². The van der Waals surface area contributed by atoms with Gasteiger partial charge in [0.05, 0.1) is 13.2 Å². The zero-order valence-corrected chi connectivity index (χ0v) is 16.1. The van der Waals surface area contributed by atoms with Crippen LogP contribution in [0.1, 0.15) is 34.3 Å². The van der Waals surface area contributed by atoms with Crippen molar-refractivity contribution >= 4 is 17.7 Å². The monoisotopic (exact) mass is 404 g/mol. The lowest BCUT2D eigenvalue weighted by Gasteiger charge is -2.29. The summed E-state index contributed by atoms with van der Waals surface area (Å²) in [7, 11) is 0. The van der Waals surface area contributed by atoms with Crippen LogP contribution in [0.15, 0.2) is 18.2 Å². The predicted molar refractivity (Wildman–Crippen MR) is 102 cm³/mol. The van der Waals surface area contributed by atoms with E-state index in [9.17, 15) is 18.8 Å². The van der Waals surface area contributed by atoms with Crippen molar-refractivity contribution in [1.29, 1.82) is 0 Å². The number of ether oxygens (including phenoxy) is 1. The Hall–Kier alpha value is -2.36. The van der Waals surface area contributed by atoms with E-state index in [1.807, 2.05) is 6.07 Å². The second-order valence-electron chi connectivity index (χ2n) is 7.83. The highest BCUT2D eigenvalue weighted by Gasteiger charge is 2.39. The maximum absolute atomic E-state index is 14.9. The molecule has 0 aliphatic carbocycles. The number of halogens is 1. The van der Waals surface area contributed by atoms with Gasteiger partial charge >= 0.3 is 0 Å². The highest BCUT2D eigenvalue weighted by Crippen LogP contribution is 2.29. The van der Waals surface area contributed by atoms with Gasteiger partial charge in [-0.3, -0.25) is 19.7 Å². The molecule has 29 heavy (non-hydrogen) atoms. The Morgan fingerprint density at radius 2 is 2.17 bits per heavy atom. The first-order valence-corrected chi connectivity index (χ1v) is 9.90. The Morgan fingerprint density at radius 1 is 1.31 bits per heavy atom. The van der Waals surface area contributed by atoms with Crippen molar-refractivity contribution in [2.24, 2.45) is 0 Å². The van der Waals surface area contributed by atoms with Crippen molar-refractivity contribution in [3.05, 3.63) is 34.9 Å². The number of nitrogens with one attached hydrogen (secondary N) is 3. The molecule has 0 saturated carbocycles. The van der Waals surface area contributed by atoms with Gasteiger partial charge in [0, 0.05) is 44.7 Å². The van der Waals surface area contributed by atoms with Gasteiger partial charge in [-0.05, 0) is 23.6 Å². The van der Waals surface area contributed by atoms with Crippen LogP contribution < -0.4 is 16.0 Å². The van der Waals surface area contributed by atoms with E-state index in [2.05, 4.69) is 16.0 Å². The number of piperidine rings is 1. The largest absolute Gasteiger partial charge is 0.377 e. The molecule has 0 radical (unpaired) electrons. The normalized spacial score (nSPS) is 27.6. The predicted octanol–water partition coefficient (Wildman–Crippen LogP) is -0.135. The summed E-state index contributed by atoms with van der Waals surface area (Å²) in [6.45, 7) is 2.26. The van der Waals surface area contributed by atoms with Crippen molar-refractivity contribution in [1.82, 2.24) is 20.9 Å². The second kappa shape index (κ2) is 8.17. The van der Waals surface area contributed by atoms with Gasteiger partial charge in [-0.2, -0.15) is 0 Å². The summed E-state index contributed by atoms with van der Waals surface area (Å²) in [5.41, 5.74) is 0.821. The number of imide groups is 1. The molecule has 3 aliphatic rings. The van der Waals surface area contributed by atoms with Crippen LogP contribution in [0.4, 0.5) is 4.39 Å². The Kier molecular flexibility index (Phi) is 5.62. The number of benzene rings is 1. The van der Waals surface area contributed by atoms with E-state index in [0.717, 1.165) is 11.1 Å². The van der Waals surface area contributed by atoms with E-state index >= 15 is 0 Å². The lowest BCUT2D eigenvalue weighted by Crippen LogP contribution is -2.52. The van der Waals surface area contributed by atoms with Gasteiger partial charge in [0.2, 0.25) is 11.8 Å². The van der Waals surface area contributed by atoms with Crippen molar-refractivity contribution in [3.63, 3.8) is 0 Å². The summed E-state index contributed by atoms with van der Waals surface area (Å²) < 4.78 is 20.2. The van der Waals surface area contributed by atoms with Gasteiger partial charge < -0.3 is 20.3 Å². The first kappa shape index (κ1) is 19.9. The van der Waals surface area contributed by atoms with Gasteiger partial charge in [0.25, 0.3) is 5.91 Å². The zero-order valence-electron chi connectivity index (χ0n) is 16.1. The van der Waals surface area contributed by atoms with Gasteiger partial charge in [0.15, 0.2) is 5.67 Å². The minimum atomic E-state index is -1.48. The molecule has 3 amide bonds. The molecule has 3 N–H and O–H groups in total. The maximum atomic E-state index is 14.9. The number of nitrogens with zero attached hydrogens (tertiary/aromatic N) is 1. The molecule has 1 aromatic rings. The summed E-state index contributed by atoms with van der Waals surface area (Å²) >= 11 is 0. The van der Waals surface area contributed by atoms with Gasteiger partial charge in [-0.15, -0.1) is 0 Å². The number of carbonyl (C=O) groups excluding carboxylic acids is 3. The fourth-order valence-electron chi connectivity index (χ4n) is 4.11. The third kappa shape index (κ3) is 4.17. The Balaban J connectivity index is 1.43. The number of hydrogen-bond donors (Lipinski definition) is 3. The Bertz CT molecular complexity index is 823. The molecule has 2 atom stereocenters. The molecule has 2 fully saturated rings. The number of fused-ring (bicyclic) bond motifs is 1. The van der Waals surface area contributed by atoms with Crippen LogP contribution in [0.5, 0.6) is 0 Å². The third-order valence-electron chi connectivity index (χ3n) is 5.66. The molecular formula is C20H25FN4O4. The first-order chi connectivity index (χ1) is 14.0. The van der Waals surface area contributed by atoms with E-state index < -0.39 is 17.6 Å². The van der Waals surface area contributed by atoms with Crippen molar-refractivity contribution in [2.45, 2.75) is 37.6 Å². The number of rotatable bonds is 5. The summed E-state index contributed by atoms with van der Waals surface area (Å²) in [5.74, 6) is -0.945. The van der Waals surface area contributed by atoms with Crippen LogP contribution in [0, 0.1) is 0 Å². The summed E-state index contributed by atoms with van der Waals surface area (Å²) in [6.07, 6.45) is 0.551. The van der Waals surface area contributed by atoms with E-state index in [1.165, 1.54) is 4.90 Å². The standard InChI is InChI=1S/C20H25FN4O4/c21-20(10-22-6-7-29-12-20)11-23-8-13-2-1-3-14-15(13)9-25(19(14)28)16-4-5-17(26)24-18(16)27/h1-3,16,22-23H,4-12H2,(H,24,26,27). The molecule has 4 rings (SSSR count). The summed E-state index contributed by atoms with van der Waals surface area (Å²) in [6, 6.07) is 4.80. The molecule has 3 aliphatic heterocycles. The van der Waals surface area contributed by atoms with Gasteiger partial charge in [0.1, 0.15) is 6.04 Å². The quantitative estimate of drug-likeness (QED) is 0.591. The van der Waals surface area contributed by atoms with Gasteiger partial charge in [-0.1, -0.05) is 12.1 Å². The van der Waals surface area contributed by atoms with Crippen molar-refractivity contribution in [3.8, 4) is 0 Å². The SMILES string of the molecule is O=C1CCC(N2Cc3c(CNCC4(F)CNCCOC4)cccc3C2=O)C(=O)N1. The topological polar surface area (TPSA) is 99.8 Å². The van der Waals surface area contributed by atoms with E-state index in [4.69, 9.17) is 4.74 Å². The van der Waals surface area contributed by atoms with Crippen LogP contribution >= 0.6 is 0 Å². The molecule has 0 aromatic heterocycles. The zero-order chi connectivity index (χ0) is 20.4. The highest BCUT2D eigenvalue weighted by molar-refractivity contribution is 6.05. The van der Waals surface area contributed by atoms with Crippen molar-refractivity contribution in [2.75, 3.05) is 32.8 Å². The first-order valence-electron chi connectivity index (χ1n) is 9.90. The molecule has 156 valence electrons. The van der Waals surface area contributed by atoms with E-state index in [1.54, 1.807) is 12.1 Å². The Morgan fingerprint density at radius 3 is 3.00 bits per heavy atom. The third-order valence-corrected chi connectivity index (χ3v) is 5.66. The fraction of sp³-hybridized carbons (Fsp3) is 0.550. The number of hydrogen-bond acceptors (Lipinski definition) is 6. The van der Waals surface area contributed by atoms with E-state index in [0.29, 0.717) is 38.2 Å². The minimum Gasteiger partial charge on any atom is -0.377 e. The molecule has 3 heterocycles. The average molecular weight is 404 g/mol. The second-order valence-corrected chi connectivity index (χ2v) is 7.83. The number of alkyl halides is 1. The fourth-order valence-corrected chi connectivity index (χ4v) is 4.11. The molecule has 2 unspecified atom stereocenters. The minimum absolute atomic E-state index is 0.0433. The molecule has 0 spiro atoms. The van der Waals surface area contributed by atoms with Crippen LogP contribution in [-0.2, 0) is 27.4 Å². The van der Waals surface area contributed by atoms with Crippen LogP contribution in [-0.4, -0.2) is 67.2 Å². The lowest BCUT2D eigenvalue weighted by atomic mass is 10.0. The number of amides is 3. The smallest absolute Gasteiger partial charge is 0.255 e. The van der Waals surface area contributed by atoms with Crippen molar-refractivity contribution < 1.29 is 23.5 Å². The molecule has 9 heteroatoms. The van der Waals surface area contributed by atoms with E-state index in [-0.39, 0.29) is 37.9 Å². The van der Waals surface area contributed by atoms with Crippen LogP contribution in [0.2, 0.25) is 0 Å². The highest BCUT2D eigenvalue weighted by atomic mass is 19.1. The molecular weight excluding hydrogens is 379 g/mol. The lowest BCUT2D eigenvalue weighted by molar-refractivity contribution is -0.136. The van der Waals surface area contributed by atoms with Crippen LogP contribution in [0.25, 0.3) is 0 Å². The molecule has 8 nitrogen and oxygen atoms in total. The Labute approximate surface area is 168 Å². The van der Waals surface area contributed by atoms with Crippen LogP contribution in [0.3, 0.4) is 0 Å². The average Bonchev–Trinajstić information content (AvgIpc) is 2.87. The maximum Gasteiger partial charge on any atom is 0.255 e. The summed E-state index contributed by atoms with van der Waals surface area (Å²) in [4.78, 5) is 37.9. The molecule has 2 saturated heterocycles. The number of carbonyl (C=O) groups is 3. The summed E-state index contributed by atoms with van der Waals surface area (Å²) in [5, 5.41) is 8.48. The molecule has 0 bridgehead atoms. The molecule has 1 aromatic carbocycles.